The number of nitrogens with one attached hydrogen (secondary N) is 3. The van der Waals surface area contributed by atoms with Crippen molar-refractivity contribution in [3.63, 3.8) is 0 Å². The van der Waals surface area contributed by atoms with Crippen molar-refractivity contribution < 1.29 is 8.42 Å². The van der Waals surface area contributed by atoms with Crippen molar-refractivity contribution in [3.8, 4) is 0 Å². The standard InChI is InChI=1S/C15H25N3O2S/c19-21(20,18-9-12-4-2-1-3-5-12)15-8-14(17-11-15)10-16-13-6-7-13/h8,11-13,16-18H,1-7,9-10H2. The summed E-state index contributed by atoms with van der Waals surface area (Å²) in [5.74, 6) is 0.503. The van der Waals surface area contributed by atoms with Crippen LogP contribution in [0.15, 0.2) is 17.2 Å². The van der Waals surface area contributed by atoms with Gasteiger partial charge in [0.1, 0.15) is 0 Å². The largest absolute Gasteiger partial charge is 0.363 e. The van der Waals surface area contributed by atoms with Gasteiger partial charge in [0.25, 0.3) is 0 Å². The first-order chi connectivity index (χ1) is 10.1. The summed E-state index contributed by atoms with van der Waals surface area (Å²) in [4.78, 5) is 3.40. The molecule has 2 aliphatic carbocycles. The molecule has 0 saturated heterocycles. The summed E-state index contributed by atoms with van der Waals surface area (Å²) in [7, 11) is -3.37. The third-order valence-electron chi connectivity index (χ3n) is 4.47. The molecule has 3 rings (SSSR count). The van der Waals surface area contributed by atoms with E-state index in [1.54, 1.807) is 12.3 Å². The van der Waals surface area contributed by atoms with Crippen LogP contribution in [0.3, 0.4) is 0 Å². The van der Waals surface area contributed by atoms with Gasteiger partial charge in [-0.2, -0.15) is 0 Å². The van der Waals surface area contributed by atoms with Crippen molar-refractivity contribution in [3.05, 3.63) is 18.0 Å². The molecule has 2 saturated carbocycles. The Balaban J connectivity index is 1.53. The fourth-order valence-electron chi connectivity index (χ4n) is 2.92. The van der Waals surface area contributed by atoms with Gasteiger partial charge in [0.15, 0.2) is 0 Å². The van der Waals surface area contributed by atoms with Crippen molar-refractivity contribution in [2.24, 2.45) is 5.92 Å². The van der Waals surface area contributed by atoms with E-state index < -0.39 is 10.0 Å². The Bertz CT molecular complexity index is 557. The maximum absolute atomic E-state index is 12.3. The number of hydrogen-bond donors (Lipinski definition) is 3. The van der Waals surface area contributed by atoms with Crippen LogP contribution >= 0.6 is 0 Å². The smallest absolute Gasteiger partial charge is 0.242 e. The molecule has 0 amide bonds. The lowest BCUT2D eigenvalue weighted by Gasteiger charge is -2.21. The van der Waals surface area contributed by atoms with E-state index in [0.29, 0.717) is 29.9 Å². The Hall–Kier alpha value is -0.850. The van der Waals surface area contributed by atoms with Crippen LogP contribution in [0.4, 0.5) is 0 Å². The summed E-state index contributed by atoms with van der Waals surface area (Å²) in [6.07, 6.45) is 10.1. The lowest BCUT2D eigenvalue weighted by atomic mass is 9.90. The Morgan fingerprint density at radius 1 is 1.14 bits per heavy atom. The molecule has 1 aromatic heterocycles. The van der Waals surface area contributed by atoms with Gasteiger partial charge in [-0.15, -0.1) is 0 Å². The van der Waals surface area contributed by atoms with Gasteiger partial charge in [-0.05, 0) is 37.7 Å². The summed E-state index contributed by atoms with van der Waals surface area (Å²) in [5.41, 5.74) is 0.931. The van der Waals surface area contributed by atoms with Gasteiger partial charge in [-0.1, -0.05) is 19.3 Å². The second-order valence-corrected chi connectivity index (χ2v) is 8.14. The molecule has 2 fully saturated rings. The first-order valence-electron chi connectivity index (χ1n) is 8.04. The van der Waals surface area contributed by atoms with Crippen molar-refractivity contribution in [2.45, 2.75) is 62.4 Å². The highest BCUT2D eigenvalue weighted by Gasteiger charge is 2.22. The molecule has 0 unspecified atom stereocenters. The number of sulfonamides is 1. The minimum absolute atomic E-state index is 0.353. The Kier molecular flexibility index (Phi) is 4.66. The molecule has 2 aliphatic rings. The average molecular weight is 311 g/mol. The Labute approximate surface area is 127 Å². The summed E-state index contributed by atoms with van der Waals surface area (Å²) in [6, 6.07) is 2.36. The second kappa shape index (κ2) is 6.50. The molecule has 0 atom stereocenters. The van der Waals surface area contributed by atoms with Gasteiger partial charge < -0.3 is 10.3 Å². The van der Waals surface area contributed by atoms with Crippen LogP contribution in [0.5, 0.6) is 0 Å². The van der Waals surface area contributed by atoms with Gasteiger partial charge in [0.05, 0.1) is 4.90 Å². The van der Waals surface area contributed by atoms with Crippen molar-refractivity contribution in [1.29, 1.82) is 0 Å². The molecular formula is C15H25N3O2S. The van der Waals surface area contributed by atoms with Crippen LogP contribution in [-0.2, 0) is 16.6 Å². The molecule has 1 heterocycles. The molecule has 0 aliphatic heterocycles. The van der Waals surface area contributed by atoms with E-state index in [1.165, 1.54) is 32.1 Å². The van der Waals surface area contributed by atoms with Crippen LogP contribution in [0.2, 0.25) is 0 Å². The van der Waals surface area contributed by atoms with Gasteiger partial charge in [0.2, 0.25) is 10.0 Å². The Morgan fingerprint density at radius 3 is 2.62 bits per heavy atom. The topological polar surface area (TPSA) is 74.0 Å². The zero-order valence-electron chi connectivity index (χ0n) is 12.4. The maximum atomic E-state index is 12.3. The minimum Gasteiger partial charge on any atom is -0.363 e. The molecule has 0 spiro atoms. The van der Waals surface area contributed by atoms with Gasteiger partial charge in [-0.25, -0.2) is 13.1 Å². The number of aromatic nitrogens is 1. The van der Waals surface area contributed by atoms with Gasteiger partial charge >= 0.3 is 0 Å². The third-order valence-corrected chi connectivity index (χ3v) is 5.87. The molecule has 3 N–H and O–H groups in total. The normalized spacial score (nSPS) is 20.8. The average Bonchev–Trinajstić information content (AvgIpc) is 3.20. The summed E-state index contributed by atoms with van der Waals surface area (Å²) in [5, 5.41) is 3.37. The number of rotatable bonds is 7. The summed E-state index contributed by atoms with van der Waals surface area (Å²) < 4.78 is 27.3. The van der Waals surface area contributed by atoms with Gasteiger partial charge in [-0.3, -0.25) is 0 Å². The second-order valence-electron chi connectivity index (χ2n) is 6.37. The highest BCUT2D eigenvalue weighted by molar-refractivity contribution is 7.89. The number of H-pyrrole nitrogens is 1. The van der Waals surface area contributed by atoms with E-state index in [-0.39, 0.29) is 0 Å². The fourth-order valence-corrected chi connectivity index (χ4v) is 4.05. The predicted octanol–water partition coefficient (Wildman–Crippen LogP) is 2.13. The lowest BCUT2D eigenvalue weighted by molar-refractivity contribution is 0.357. The van der Waals surface area contributed by atoms with Gasteiger partial charge in [0, 0.05) is 31.0 Å². The zero-order chi connectivity index (χ0) is 14.7. The first kappa shape index (κ1) is 15.1. The van der Waals surface area contributed by atoms with Crippen LogP contribution in [0, 0.1) is 5.92 Å². The van der Waals surface area contributed by atoms with Crippen molar-refractivity contribution >= 4 is 10.0 Å². The highest BCUT2D eigenvalue weighted by atomic mass is 32.2. The quantitative estimate of drug-likeness (QED) is 0.722. The van der Waals surface area contributed by atoms with E-state index >= 15 is 0 Å². The molecule has 6 heteroatoms. The highest BCUT2D eigenvalue weighted by Crippen LogP contribution is 2.23. The summed E-state index contributed by atoms with van der Waals surface area (Å²) in [6.45, 7) is 1.28. The molecule has 0 aromatic carbocycles. The van der Waals surface area contributed by atoms with Crippen LogP contribution < -0.4 is 10.0 Å². The van der Waals surface area contributed by atoms with E-state index in [0.717, 1.165) is 18.5 Å². The monoisotopic (exact) mass is 311 g/mol. The molecule has 118 valence electrons. The third kappa shape index (κ3) is 4.31. The lowest BCUT2D eigenvalue weighted by Crippen LogP contribution is -2.30. The van der Waals surface area contributed by atoms with Crippen LogP contribution in [0.25, 0.3) is 0 Å². The minimum atomic E-state index is -3.37. The fraction of sp³-hybridized carbons (Fsp3) is 0.733. The maximum Gasteiger partial charge on any atom is 0.242 e. The van der Waals surface area contributed by atoms with E-state index in [2.05, 4.69) is 15.0 Å². The molecule has 0 bridgehead atoms. The van der Waals surface area contributed by atoms with Crippen molar-refractivity contribution in [1.82, 2.24) is 15.0 Å². The predicted molar refractivity (Wildman–Crippen MR) is 82.4 cm³/mol. The van der Waals surface area contributed by atoms with E-state index in [1.807, 2.05) is 0 Å². The number of aromatic amines is 1. The molecule has 21 heavy (non-hydrogen) atoms. The van der Waals surface area contributed by atoms with E-state index in [4.69, 9.17) is 0 Å². The zero-order valence-corrected chi connectivity index (χ0v) is 13.2. The Morgan fingerprint density at radius 2 is 1.90 bits per heavy atom. The molecule has 1 aromatic rings. The van der Waals surface area contributed by atoms with Crippen LogP contribution in [-0.4, -0.2) is 26.0 Å². The van der Waals surface area contributed by atoms with Crippen LogP contribution in [0.1, 0.15) is 50.6 Å². The van der Waals surface area contributed by atoms with Crippen molar-refractivity contribution in [2.75, 3.05) is 6.54 Å². The van der Waals surface area contributed by atoms with E-state index in [9.17, 15) is 8.42 Å². The SMILES string of the molecule is O=S(=O)(NCC1CCCCC1)c1c[nH]c(CNC2CC2)c1. The molecule has 0 radical (unpaired) electrons. The number of hydrogen-bond acceptors (Lipinski definition) is 3. The molecular weight excluding hydrogens is 286 g/mol. The summed E-state index contributed by atoms with van der Waals surface area (Å²) >= 11 is 0. The first-order valence-corrected chi connectivity index (χ1v) is 9.52. The molecule has 5 nitrogen and oxygen atoms in total.